The first-order chi connectivity index (χ1) is 9.79. The van der Waals surface area contributed by atoms with Gasteiger partial charge < -0.3 is 11.1 Å². The van der Waals surface area contributed by atoms with Gasteiger partial charge in [0.25, 0.3) is 5.91 Å². The molecule has 0 unspecified atom stereocenters. The van der Waals surface area contributed by atoms with Gasteiger partial charge in [0.15, 0.2) is 0 Å². The Bertz CT molecular complexity index is 745. The molecule has 3 aromatic rings. The van der Waals surface area contributed by atoms with E-state index in [-0.39, 0.29) is 5.91 Å². The van der Waals surface area contributed by atoms with Crippen molar-refractivity contribution in [1.29, 1.82) is 0 Å². The Kier molecular flexibility index (Phi) is 4.00. The number of fused-ring (bicyclic) bond motifs is 3. The van der Waals surface area contributed by atoms with Crippen molar-refractivity contribution in [2.24, 2.45) is 5.73 Å². The topological polar surface area (TPSA) is 55.1 Å². The second-order valence-corrected chi connectivity index (χ2v) is 6.79. The summed E-state index contributed by atoms with van der Waals surface area (Å²) in [4.78, 5) is 12.9. The molecule has 3 nitrogen and oxygen atoms in total. The number of nitrogens with one attached hydrogen (secondary N) is 1. The van der Waals surface area contributed by atoms with Crippen LogP contribution in [0.15, 0.2) is 30.3 Å². The number of nitrogens with two attached hydrogens (primary N) is 1. The van der Waals surface area contributed by atoms with Gasteiger partial charge in [-0.05, 0) is 31.5 Å². The smallest absolute Gasteiger partial charge is 0.261 e. The lowest BCUT2D eigenvalue weighted by atomic mass is 10.2. The van der Waals surface area contributed by atoms with E-state index >= 15 is 0 Å². The van der Waals surface area contributed by atoms with E-state index in [4.69, 9.17) is 5.73 Å². The van der Waals surface area contributed by atoms with Crippen molar-refractivity contribution >= 4 is 48.1 Å². The molecule has 0 aliphatic carbocycles. The molecular formula is C15H16N2OS2. The van der Waals surface area contributed by atoms with E-state index in [1.54, 1.807) is 22.7 Å². The number of amides is 1. The number of carbonyl (C=O) groups excluding carboxylic acids is 1. The van der Waals surface area contributed by atoms with Gasteiger partial charge in [0, 0.05) is 21.3 Å². The summed E-state index contributed by atoms with van der Waals surface area (Å²) in [5.74, 6) is 0.0273. The molecule has 0 aliphatic heterocycles. The average Bonchev–Trinajstić information content (AvgIpc) is 3.01. The van der Waals surface area contributed by atoms with E-state index < -0.39 is 0 Å². The molecule has 2 aromatic heterocycles. The predicted octanol–water partition coefficient (Wildman–Crippen LogP) is 3.58. The number of hydrogen-bond donors (Lipinski definition) is 2. The number of thiophene rings is 2. The number of rotatable bonds is 5. The van der Waals surface area contributed by atoms with Crippen LogP contribution in [0.4, 0.5) is 0 Å². The van der Waals surface area contributed by atoms with Crippen LogP contribution in [0.2, 0.25) is 0 Å². The van der Waals surface area contributed by atoms with Crippen molar-refractivity contribution in [3.8, 4) is 0 Å². The van der Waals surface area contributed by atoms with Gasteiger partial charge in [-0.1, -0.05) is 18.2 Å². The molecule has 104 valence electrons. The van der Waals surface area contributed by atoms with Gasteiger partial charge in [0.2, 0.25) is 0 Å². The largest absolute Gasteiger partial charge is 0.351 e. The molecule has 1 amide bonds. The zero-order valence-electron chi connectivity index (χ0n) is 11.0. The van der Waals surface area contributed by atoms with Gasteiger partial charge in [0.05, 0.1) is 9.58 Å². The maximum absolute atomic E-state index is 12.1. The molecule has 20 heavy (non-hydrogen) atoms. The van der Waals surface area contributed by atoms with Crippen LogP contribution in [0.5, 0.6) is 0 Å². The van der Waals surface area contributed by atoms with Crippen molar-refractivity contribution in [2.75, 3.05) is 13.1 Å². The number of hydrogen-bond acceptors (Lipinski definition) is 4. The minimum absolute atomic E-state index is 0.0273. The molecule has 0 spiro atoms. The summed E-state index contributed by atoms with van der Waals surface area (Å²) in [5, 5.41) is 4.20. The molecule has 0 radical (unpaired) electrons. The predicted molar refractivity (Wildman–Crippen MR) is 87.8 cm³/mol. The third kappa shape index (κ3) is 2.57. The van der Waals surface area contributed by atoms with E-state index in [1.807, 2.05) is 18.2 Å². The first-order valence-electron chi connectivity index (χ1n) is 6.69. The number of unbranched alkanes of at least 4 members (excludes halogenated alkanes) is 1. The van der Waals surface area contributed by atoms with E-state index in [0.29, 0.717) is 13.1 Å². The van der Waals surface area contributed by atoms with Crippen LogP contribution in [-0.4, -0.2) is 19.0 Å². The van der Waals surface area contributed by atoms with E-state index in [9.17, 15) is 4.79 Å². The van der Waals surface area contributed by atoms with E-state index in [0.717, 1.165) is 17.7 Å². The maximum Gasteiger partial charge on any atom is 0.261 e. The van der Waals surface area contributed by atoms with Gasteiger partial charge in [-0.15, -0.1) is 22.7 Å². The Labute approximate surface area is 125 Å². The van der Waals surface area contributed by atoms with E-state index in [2.05, 4.69) is 17.4 Å². The molecule has 3 rings (SSSR count). The summed E-state index contributed by atoms with van der Waals surface area (Å²) in [6.07, 6.45) is 1.88. The molecule has 0 bridgehead atoms. The van der Waals surface area contributed by atoms with Crippen molar-refractivity contribution < 1.29 is 4.79 Å². The highest BCUT2D eigenvalue weighted by molar-refractivity contribution is 7.33. The summed E-state index contributed by atoms with van der Waals surface area (Å²) >= 11 is 3.32. The number of carbonyl (C=O) groups is 1. The normalized spacial score (nSPS) is 11.2. The summed E-state index contributed by atoms with van der Waals surface area (Å²) in [5.41, 5.74) is 5.44. The SMILES string of the molecule is NCCCCNC(=O)c1cc2sc3ccccc3c2s1. The zero-order chi connectivity index (χ0) is 13.9. The lowest BCUT2D eigenvalue weighted by molar-refractivity contribution is 0.0957. The quantitative estimate of drug-likeness (QED) is 0.708. The molecular weight excluding hydrogens is 288 g/mol. The van der Waals surface area contributed by atoms with Gasteiger partial charge in [-0.3, -0.25) is 4.79 Å². The fraction of sp³-hybridized carbons (Fsp3) is 0.267. The molecule has 0 saturated carbocycles. The van der Waals surface area contributed by atoms with Crippen molar-refractivity contribution in [3.63, 3.8) is 0 Å². The Hall–Kier alpha value is -1.43. The van der Waals surface area contributed by atoms with Crippen LogP contribution in [0.1, 0.15) is 22.5 Å². The molecule has 0 fully saturated rings. The minimum Gasteiger partial charge on any atom is -0.351 e. The van der Waals surface area contributed by atoms with Crippen LogP contribution in [-0.2, 0) is 0 Å². The molecule has 5 heteroatoms. The second kappa shape index (κ2) is 5.91. The monoisotopic (exact) mass is 304 g/mol. The minimum atomic E-state index is 0.0273. The molecule has 2 heterocycles. The Balaban J connectivity index is 1.80. The first kappa shape index (κ1) is 13.5. The van der Waals surface area contributed by atoms with Crippen molar-refractivity contribution in [1.82, 2.24) is 5.32 Å². The van der Waals surface area contributed by atoms with Crippen LogP contribution in [0, 0.1) is 0 Å². The number of benzene rings is 1. The van der Waals surface area contributed by atoms with Crippen LogP contribution in [0.3, 0.4) is 0 Å². The lowest BCUT2D eigenvalue weighted by Crippen LogP contribution is -2.23. The van der Waals surface area contributed by atoms with Gasteiger partial charge in [-0.25, -0.2) is 0 Å². The highest BCUT2D eigenvalue weighted by atomic mass is 32.1. The molecule has 0 saturated heterocycles. The fourth-order valence-corrected chi connectivity index (χ4v) is 4.61. The summed E-state index contributed by atoms with van der Waals surface area (Å²) in [6, 6.07) is 10.3. The van der Waals surface area contributed by atoms with Crippen molar-refractivity contribution in [3.05, 3.63) is 35.2 Å². The molecule has 0 atom stereocenters. The van der Waals surface area contributed by atoms with Crippen LogP contribution < -0.4 is 11.1 Å². The van der Waals surface area contributed by atoms with Crippen LogP contribution >= 0.6 is 22.7 Å². The summed E-state index contributed by atoms with van der Waals surface area (Å²) in [7, 11) is 0. The highest BCUT2D eigenvalue weighted by Crippen LogP contribution is 2.39. The standard InChI is InChI=1S/C15H16N2OS2/c16-7-3-4-8-17-15(18)13-9-12-14(20-13)10-5-1-2-6-11(10)19-12/h1-2,5-6,9H,3-4,7-8,16H2,(H,17,18). The van der Waals surface area contributed by atoms with Crippen molar-refractivity contribution in [2.45, 2.75) is 12.8 Å². The Morgan fingerprint density at radius 2 is 2.00 bits per heavy atom. The first-order valence-corrected chi connectivity index (χ1v) is 8.32. The lowest BCUT2D eigenvalue weighted by Gasteiger charge is -2.01. The second-order valence-electron chi connectivity index (χ2n) is 4.65. The Morgan fingerprint density at radius 3 is 2.85 bits per heavy atom. The van der Waals surface area contributed by atoms with E-state index in [1.165, 1.54) is 19.5 Å². The summed E-state index contributed by atoms with van der Waals surface area (Å²) < 4.78 is 3.70. The maximum atomic E-state index is 12.1. The molecule has 0 aliphatic rings. The Morgan fingerprint density at radius 1 is 1.15 bits per heavy atom. The average molecular weight is 304 g/mol. The fourth-order valence-electron chi connectivity index (χ4n) is 2.17. The molecule has 3 N–H and O–H groups in total. The van der Waals surface area contributed by atoms with Gasteiger partial charge in [-0.2, -0.15) is 0 Å². The third-order valence-corrected chi connectivity index (χ3v) is 5.60. The summed E-state index contributed by atoms with van der Waals surface area (Å²) in [6.45, 7) is 1.37. The third-order valence-electron chi connectivity index (χ3n) is 3.19. The zero-order valence-corrected chi connectivity index (χ0v) is 12.7. The molecule has 1 aromatic carbocycles. The van der Waals surface area contributed by atoms with Gasteiger partial charge >= 0.3 is 0 Å². The highest BCUT2D eigenvalue weighted by Gasteiger charge is 2.13. The van der Waals surface area contributed by atoms with Crippen LogP contribution in [0.25, 0.3) is 19.5 Å². The van der Waals surface area contributed by atoms with Gasteiger partial charge in [0.1, 0.15) is 0 Å².